The molecule has 1 aromatic carbocycles. The van der Waals surface area contributed by atoms with Crippen molar-refractivity contribution in [3.05, 3.63) is 35.4 Å². The Morgan fingerprint density at radius 2 is 2.11 bits per heavy atom. The number of rotatable bonds is 1. The molecule has 5 heteroatoms. The van der Waals surface area contributed by atoms with Gasteiger partial charge in [-0.2, -0.15) is 0 Å². The summed E-state index contributed by atoms with van der Waals surface area (Å²) in [6.07, 6.45) is -1.10. The third-order valence-corrected chi connectivity index (χ3v) is 3.56. The van der Waals surface area contributed by atoms with Crippen molar-refractivity contribution in [1.29, 1.82) is 0 Å². The lowest BCUT2D eigenvalue weighted by atomic mass is 9.80. The molecular weight excluding hydrogens is 236 g/mol. The third kappa shape index (κ3) is 1.08. The van der Waals surface area contributed by atoms with Gasteiger partial charge in [-0.15, -0.1) is 0 Å². The van der Waals surface area contributed by atoms with Crippen LogP contribution < -0.4 is 0 Å². The Labute approximate surface area is 103 Å². The first-order valence-electron chi connectivity index (χ1n) is 5.53. The predicted molar refractivity (Wildman–Crippen MR) is 58.7 cm³/mol. The van der Waals surface area contributed by atoms with Crippen LogP contribution in [0.25, 0.3) is 0 Å². The Hall–Kier alpha value is -2.17. The molecule has 0 bridgehead atoms. The lowest BCUT2D eigenvalue weighted by molar-refractivity contribution is -0.152. The van der Waals surface area contributed by atoms with Gasteiger partial charge in [-0.3, -0.25) is 14.4 Å². The van der Waals surface area contributed by atoms with Gasteiger partial charge in [0.15, 0.2) is 17.3 Å². The summed E-state index contributed by atoms with van der Waals surface area (Å²) in [5, 5.41) is 0. The lowest BCUT2D eigenvalue weighted by Crippen LogP contribution is -2.38. The van der Waals surface area contributed by atoms with E-state index in [1.165, 1.54) is 7.11 Å². The molecule has 18 heavy (non-hydrogen) atoms. The van der Waals surface area contributed by atoms with Crippen LogP contribution in [0.1, 0.15) is 28.4 Å². The maximum atomic E-state index is 12.4. The predicted octanol–water partition coefficient (Wildman–Crippen LogP) is 1.03. The summed E-state index contributed by atoms with van der Waals surface area (Å²) in [7, 11) is 1.20. The first-order chi connectivity index (χ1) is 8.61. The molecule has 0 saturated carbocycles. The maximum Gasteiger partial charge on any atom is 0.324 e. The van der Waals surface area contributed by atoms with Crippen molar-refractivity contribution in [3.8, 4) is 0 Å². The van der Waals surface area contributed by atoms with Crippen molar-refractivity contribution in [1.82, 2.24) is 0 Å². The van der Waals surface area contributed by atoms with Gasteiger partial charge in [0.05, 0.1) is 13.5 Å². The van der Waals surface area contributed by atoms with Crippen molar-refractivity contribution < 1.29 is 23.9 Å². The largest absolute Gasteiger partial charge is 0.468 e. The van der Waals surface area contributed by atoms with Gasteiger partial charge in [0, 0.05) is 11.1 Å². The highest BCUT2D eigenvalue weighted by molar-refractivity contribution is 6.19. The summed E-state index contributed by atoms with van der Waals surface area (Å²) >= 11 is 0. The molecule has 1 saturated heterocycles. The van der Waals surface area contributed by atoms with Gasteiger partial charge in [0.25, 0.3) is 0 Å². The van der Waals surface area contributed by atoms with Crippen LogP contribution in [-0.4, -0.2) is 24.8 Å². The highest BCUT2D eigenvalue weighted by Crippen LogP contribution is 2.54. The molecule has 0 spiro atoms. The number of hydrogen-bond donors (Lipinski definition) is 0. The Kier molecular flexibility index (Phi) is 2.08. The zero-order valence-electron chi connectivity index (χ0n) is 9.64. The zero-order chi connectivity index (χ0) is 12.9. The molecule has 0 unspecified atom stereocenters. The second-order valence-electron chi connectivity index (χ2n) is 4.43. The highest BCUT2D eigenvalue weighted by atomic mass is 16.6. The molecule has 0 N–H and O–H groups in total. The quantitative estimate of drug-likeness (QED) is 0.546. The summed E-state index contributed by atoms with van der Waals surface area (Å²) < 4.78 is 9.84. The smallest absolute Gasteiger partial charge is 0.324 e. The lowest BCUT2D eigenvalue weighted by Gasteiger charge is -2.21. The Morgan fingerprint density at radius 3 is 2.83 bits per heavy atom. The monoisotopic (exact) mass is 246 g/mol. The third-order valence-electron chi connectivity index (χ3n) is 3.56. The molecular formula is C13H10O5. The van der Waals surface area contributed by atoms with E-state index in [1.807, 2.05) is 0 Å². The van der Waals surface area contributed by atoms with E-state index < -0.39 is 23.5 Å². The molecule has 92 valence electrons. The van der Waals surface area contributed by atoms with Crippen LogP contribution in [0.4, 0.5) is 0 Å². The van der Waals surface area contributed by atoms with Crippen LogP contribution in [0.5, 0.6) is 0 Å². The van der Waals surface area contributed by atoms with Gasteiger partial charge in [-0.25, -0.2) is 0 Å². The topological polar surface area (TPSA) is 69.7 Å². The molecule has 1 fully saturated rings. The molecule has 1 aliphatic heterocycles. The molecule has 3 rings (SSSR count). The Bertz CT molecular complexity index is 576. The molecule has 5 nitrogen and oxygen atoms in total. The summed E-state index contributed by atoms with van der Waals surface area (Å²) in [4.78, 5) is 35.8. The van der Waals surface area contributed by atoms with Gasteiger partial charge < -0.3 is 9.47 Å². The Balaban J connectivity index is 2.22. The van der Waals surface area contributed by atoms with E-state index in [4.69, 9.17) is 9.47 Å². The van der Waals surface area contributed by atoms with E-state index in [0.29, 0.717) is 11.1 Å². The summed E-state index contributed by atoms with van der Waals surface area (Å²) in [5.41, 5.74) is -0.505. The van der Waals surface area contributed by atoms with Gasteiger partial charge in [-0.05, 0) is 0 Å². The number of hydrogen-bond acceptors (Lipinski definition) is 5. The first-order valence-corrected chi connectivity index (χ1v) is 5.53. The number of ether oxygens (including phenoxy) is 2. The van der Waals surface area contributed by atoms with Crippen LogP contribution in [0.15, 0.2) is 24.3 Å². The number of benzene rings is 1. The van der Waals surface area contributed by atoms with Crippen LogP contribution in [0, 0.1) is 5.41 Å². The Morgan fingerprint density at radius 1 is 1.39 bits per heavy atom. The van der Waals surface area contributed by atoms with Crippen molar-refractivity contribution in [2.45, 2.75) is 12.5 Å². The average Bonchev–Trinajstić information content (AvgIpc) is 2.84. The fourth-order valence-electron chi connectivity index (χ4n) is 2.75. The molecule has 0 radical (unpaired) electrons. The first kappa shape index (κ1) is 11.0. The second-order valence-corrected chi connectivity index (χ2v) is 4.43. The minimum Gasteiger partial charge on any atom is -0.468 e. The number of carbonyl (C=O) groups is 3. The standard InChI is InChI=1S/C13H10O5/c1-17-12(16)13-6-9(14)18-11(13)8-5-3-2-4-7(8)10(13)15/h2-5,11H,6H2,1H3/t11-,13-/m1/s1. The van der Waals surface area contributed by atoms with E-state index in [-0.39, 0.29) is 12.2 Å². The average molecular weight is 246 g/mol. The summed E-state index contributed by atoms with van der Waals surface area (Å²) in [5.74, 6) is -1.64. The number of esters is 2. The van der Waals surface area contributed by atoms with E-state index >= 15 is 0 Å². The van der Waals surface area contributed by atoms with Crippen LogP contribution >= 0.6 is 0 Å². The number of Topliss-reactive ketones (excluding diaryl/α,β-unsaturated/α-hetero) is 1. The molecule has 1 aliphatic carbocycles. The summed E-state index contributed by atoms with van der Waals surface area (Å²) in [6, 6.07) is 6.78. The van der Waals surface area contributed by atoms with Crippen molar-refractivity contribution in [2.75, 3.05) is 7.11 Å². The number of fused-ring (bicyclic) bond motifs is 3. The SMILES string of the molecule is COC(=O)[C@@]12CC(=O)O[C@@H]1c1ccccc1C2=O. The summed E-state index contributed by atoms with van der Waals surface area (Å²) in [6.45, 7) is 0. The molecule has 2 aliphatic rings. The van der Waals surface area contributed by atoms with Crippen molar-refractivity contribution in [3.63, 3.8) is 0 Å². The number of methoxy groups -OCH3 is 1. The van der Waals surface area contributed by atoms with E-state index in [9.17, 15) is 14.4 Å². The normalized spacial score (nSPS) is 28.6. The van der Waals surface area contributed by atoms with E-state index in [1.54, 1.807) is 24.3 Å². The van der Waals surface area contributed by atoms with Crippen molar-refractivity contribution >= 4 is 17.7 Å². The highest BCUT2D eigenvalue weighted by Gasteiger charge is 2.66. The zero-order valence-corrected chi connectivity index (χ0v) is 9.64. The van der Waals surface area contributed by atoms with Crippen LogP contribution in [0.2, 0.25) is 0 Å². The molecule has 1 aromatic rings. The van der Waals surface area contributed by atoms with Gasteiger partial charge in [0.1, 0.15) is 0 Å². The molecule has 1 heterocycles. The fourth-order valence-corrected chi connectivity index (χ4v) is 2.75. The number of carbonyl (C=O) groups excluding carboxylic acids is 3. The number of ketones is 1. The minimum absolute atomic E-state index is 0.252. The fraction of sp³-hybridized carbons (Fsp3) is 0.308. The minimum atomic E-state index is -1.52. The molecule has 0 aromatic heterocycles. The van der Waals surface area contributed by atoms with Crippen LogP contribution in [0.3, 0.4) is 0 Å². The van der Waals surface area contributed by atoms with Gasteiger partial charge >= 0.3 is 11.9 Å². The maximum absolute atomic E-state index is 12.4. The second kappa shape index (κ2) is 3.41. The van der Waals surface area contributed by atoms with E-state index in [2.05, 4.69) is 0 Å². The van der Waals surface area contributed by atoms with Gasteiger partial charge in [0.2, 0.25) is 0 Å². The molecule has 0 amide bonds. The van der Waals surface area contributed by atoms with Gasteiger partial charge in [-0.1, -0.05) is 24.3 Å². The van der Waals surface area contributed by atoms with Crippen molar-refractivity contribution in [2.24, 2.45) is 5.41 Å². The van der Waals surface area contributed by atoms with E-state index in [0.717, 1.165) is 0 Å². The van der Waals surface area contributed by atoms with Crippen LogP contribution in [-0.2, 0) is 19.1 Å². The molecule has 2 atom stereocenters.